The largest absolute Gasteiger partial charge is 0.481 e. The topological polar surface area (TPSA) is 92.7 Å². The maximum atomic E-state index is 13.2. The Bertz CT molecular complexity index is 858. The number of carbonyl (C=O) groups is 3. The molecular weight excluding hydrogens is 390 g/mol. The van der Waals surface area contributed by atoms with Crippen molar-refractivity contribution in [3.8, 4) is 0 Å². The van der Waals surface area contributed by atoms with Gasteiger partial charge in [0.2, 0.25) is 5.91 Å². The fraction of sp³-hybridized carbons (Fsp3) is 0.591. The maximum Gasteiger partial charge on any atom is 0.341 e. The van der Waals surface area contributed by atoms with Gasteiger partial charge in [0.1, 0.15) is 5.00 Å². The van der Waals surface area contributed by atoms with Crippen LogP contribution in [0.5, 0.6) is 0 Å². The molecule has 0 spiro atoms. The van der Waals surface area contributed by atoms with E-state index in [2.05, 4.69) is 5.32 Å². The Morgan fingerprint density at radius 1 is 1.14 bits per heavy atom. The third kappa shape index (κ3) is 3.72. The summed E-state index contributed by atoms with van der Waals surface area (Å²) in [6.45, 7) is 2.28. The summed E-state index contributed by atoms with van der Waals surface area (Å²) in [6, 6.07) is 0. The predicted octanol–water partition coefficient (Wildman–Crippen LogP) is 4.05. The van der Waals surface area contributed by atoms with Gasteiger partial charge < -0.3 is 15.2 Å². The van der Waals surface area contributed by atoms with Crippen molar-refractivity contribution in [3.63, 3.8) is 0 Å². The highest BCUT2D eigenvalue weighted by Gasteiger charge is 2.48. The van der Waals surface area contributed by atoms with E-state index in [4.69, 9.17) is 4.74 Å². The van der Waals surface area contributed by atoms with Gasteiger partial charge in [-0.3, -0.25) is 9.59 Å². The Morgan fingerprint density at radius 2 is 1.83 bits per heavy atom. The van der Waals surface area contributed by atoms with Gasteiger partial charge in [0, 0.05) is 4.88 Å². The minimum atomic E-state index is -0.919. The second-order valence-corrected chi connectivity index (χ2v) is 9.33. The molecule has 4 aliphatic carbocycles. The van der Waals surface area contributed by atoms with Crippen LogP contribution in [0.2, 0.25) is 0 Å². The van der Waals surface area contributed by atoms with Gasteiger partial charge in [-0.1, -0.05) is 19.1 Å². The second kappa shape index (κ2) is 8.30. The van der Waals surface area contributed by atoms with Gasteiger partial charge in [-0.15, -0.1) is 11.3 Å². The van der Waals surface area contributed by atoms with Crippen LogP contribution in [0.25, 0.3) is 0 Å². The molecule has 1 saturated carbocycles. The van der Waals surface area contributed by atoms with Crippen LogP contribution in [0.1, 0.15) is 59.8 Å². The van der Waals surface area contributed by atoms with Crippen molar-refractivity contribution in [2.75, 3.05) is 11.9 Å². The Morgan fingerprint density at radius 3 is 2.48 bits per heavy atom. The van der Waals surface area contributed by atoms with E-state index in [1.807, 2.05) is 19.1 Å². The van der Waals surface area contributed by atoms with Gasteiger partial charge in [0.25, 0.3) is 0 Å². The first kappa shape index (κ1) is 20.1. The quantitative estimate of drug-likeness (QED) is 0.538. The van der Waals surface area contributed by atoms with Crippen LogP contribution in [0.15, 0.2) is 12.2 Å². The van der Waals surface area contributed by atoms with Crippen molar-refractivity contribution in [2.24, 2.45) is 23.7 Å². The first-order valence-corrected chi connectivity index (χ1v) is 11.4. The molecule has 0 aliphatic heterocycles. The highest BCUT2D eigenvalue weighted by molar-refractivity contribution is 7.17. The molecule has 2 bridgehead atoms. The molecular formula is C22H27NO5S. The average molecular weight is 418 g/mol. The van der Waals surface area contributed by atoms with Crippen molar-refractivity contribution in [1.29, 1.82) is 0 Å². The lowest BCUT2D eigenvalue weighted by Crippen LogP contribution is -2.47. The van der Waals surface area contributed by atoms with Crippen molar-refractivity contribution in [3.05, 3.63) is 28.2 Å². The monoisotopic (exact) mass is 417 g/mol. The number of fused-ring (bicyclic) bond motifs is 3. The summed E-state index contributed by atoms with van der Waals surface area (Å²) in [5.41, 5.74) is 1.48. The number of carboxylic acid groups (broad SMARTS) is 1. The molecule has 0 saturated heterocycles. The van der Waals surface area contributed by atoms with Crippen molar-refractivity contribution in [1.82, 2.24) is 0 Å². The standard InChI is InChI=1S/C22H27NO5S/c1-2-11-28-22(27)18-14-5-3-4-6-15(14)29-20(18)23-19(24)16-12-7-9-13(10-8-12)17(16)21(25)26/h7,9,12-13,16-17H,2-6,8,10-11H2,1H3,(H,23,24)(H,25,26)/t12-,13-,16+,17+/m0/s1. The molecule has 0 unspecified atom stereocenters. The summed E-state index contributed by atoms with van der Waals surface area (Å²) < 4.78 is 5.39. The number of allylic oxidation sites excluding steroid dienone is 2. The number of rotatable bonds is 6. The van der Waals surface area contributed by atoms with Crippen LogP contribution >= 0.6 is 11.3 Å². The molecule has 2 N–H and O–H groups in total. The number of carboxylic acids is 1. The zero-order valence-electron chi connectivity index (χ0n) is 16.6. The molecule has 29 heavy (non-hydrogen) atoms. The summed E-state index contributed by atoms with van der Waals surface area (Å²) in [6.07, 6.45) is 10.1. The zero-order valence-corrected chi connectivity index (χ0v) is 17.4. The normalized spacial score (nSPS) is 27.3. The first-order valence-electron chi connectivity index (χ1n) is 10.5. The van der Waals surface area contributed by atoms with Gasteiger partial charge in [-0.2, -0.15) is 0 Å². The number of carbonyl (C=O) groups excluding carboxylic acids is 2. The van der Waals surface area contributed by atoms with E-state index < -0.39 is 17.8 Å². The molecule has 4 atom stereocenters. The number of hydrogen-bond acceptors (Lipinski definition) is 5. The lowest BCUT2D eigenvalue weighted by Gasteiger charge is -2.41. The van der Waals surface area contributed by atoms with Crippen molar-refractivity contribution < 1.29 is 24.2 Å². The van der Waals surface area contributed by atoms with Crippen LogP contribution < -0.4 is 5.32 Å². The maximum absolute atomic E-state index is 13.2. The van der Waals surface area contributed by atoms with E-state index in [1.54, 1.807) is 0 Å². The Labute approximate surface area is 174 Å². The first-order chi connectivity index (χ1) is 14.0. The van der Waals surface area contributed by atoms with Crippen LogP contribution in [0.3, 0.4) is 0 Å². The van der Waals surface area contributed by atoms with E-state index in [0.29, 0.717) is 17.2 Å². The summed E-state index contributed by atoms with van der Waals surface area (Å²) in [4.78, 5) is 39.0. The highest BCUT2D eigenvalue weighted by atomic mass is 32.1. The smallest absolute Gasteiger partial charge is 0.341 e. The lowest BCUT2D eigenvalue weighted by molar-refractivity contribution is -0.151. The third-order valence-corrected chi connectivity index (χ3v) is 7.59. The number of thiophene rings is 1. The average Bonchev–Trinajstić information content (AvgIpc) is 3.09. The number of ether oxygens (including phenoxy) is 1. The fourth-order valence-corrected chi connectivity index (χ4v) is 6.30. The van der Waals surface area contributed by atoms with Crippen LogP contribution in [0, 0.1) is 23.7 Å². The van der Waals surface area contributed by atoms with Crippen molar-refractivity contribution in [2.45, 2.75) is 51.9 Å². The zero-order chi connectivity index (χ0) is 20.5. The molecule has 1 amide bonds. The number of aryl methyl sites for hydroxylation is 1. The Balaban J connectivity index is 1.62. The van der Waals surface area contributed by atoms with Crippen molar-refractivity contribution >= 4 is 34.2 Å². The molecule has 1 heterocycles. The van der Waals surface area contributed by atoms with Gasteiger partial charge in [0.05, 0.1) is 24.0 Å². The lowest BCUT2D eigenvalue weighted by atomic mass is 9.62. The highest BCUT2D eigenvalue weighted by Crippen LogP contribution is 2.46. The molecule has 4 aliphatic rings. The van der Waals surface area contributed by atoms with E-state index in [0.717, 1.165) is 55.4 Å². The van der Waals surface area contributed by atoms with Gasteiger partial charge in [-0.05, 0) is 62.3 Å². The van der Waals surface area contributed by atoms with Crippen LogP contribution in [-0.4, -0.2) is 29.6 Å². The number of esters is 1. The van der Waals surface area contributed by atoms with Gasteiger partial charge in [0.15, 0.2) is 0 Å². The van der Waals surface area contributed by atoms with E-state index in [9.17, 15) is 19.5 Å². The SMILES string of the molecule is CCCOC(=O)c1c(NC(=O)[C@H]2[C@H](C(=O)O)[C@H]3C=C[C@H]2CC3)sc2c1CCCC2. The molecule has 0 aromatic carbocycles. The third-order valence-electron chi connectivity index (χ3n) is 6.39. The van der Waals surface area contributed by atoms with Crippen LogP contribution in [-0.2, 0) is 27.2 Å². The summed E-state index contributed by atoms with van der Waals surface area (Å²) in [7, 11) is 0. The summed E-state index contributed by atoms with van der Waals surface area (Å²) >= 11 is 1.45. The number of amides is 1. The Hall–Kier alpha value is -2.15. The van der Waals surface area contributed by atoms with E-state index in [1.165, 1.54) is 11.3 Å². The molecule has 1 aromatic heterocycles. The van der Waals surface area contributed by atoms with Gasteiger partial charge in [-0.25, -0.2) is 4.79 Å². The molecule has 1 fully saturated rings. The second-order valence-electron chi connectivity index (χ2n) is 8.22. The molecule has 0 radical (unpaired) electrons. The number of aliphatic carboxylic acids is 1. The number of anilines is 1. The molecule has 6 nitrogen and oxygen atoms in total. The van der Waals surface area contributed by atoms with E-state index >= 15 is 0 Å². The minimum Gasteiger partial charge on any atom is -0.481 e. The molecule has 5 rings (SSSR count). The molecule has 7 heteroatoms. The number of nitrogens with one attached hydrogen (secondary N) is 1. The van der Waals surface area contributed by atoms with Gasteiger partial charge >= 0.3 is 11.9 Å². The molecule has 1 aromatic rings. The fourth-order valence-electron chi connectivity index (χ4n) is 5.02. The van der Waals surface area contributed by atoms with Crippen LogP contribution in [0.4, 0.5) is 5.00 Å². The number of hydrogen-bond donors (Lipinski definition) is 2. The Kier molecular flexibility index (Phi) is 5.76. The van der Waals surface area contributed by atoms with E-state index in [-0.39, 0.29) is 23.7 Å². The summed E-state index contributed by atoms with van der Waals surface area (Å²) in [5.74, 6) is -3.07. The summed E-state index contributed by atoms with van der Waals surface area (Å²) in [5, 5.41) is 13.2. The predicted molar refractivity (Wildman–Crippen MR) is 110 cm³/mol. The minimum absolute atomic E-state index is 0.0637. The molecule has 156 valence electrons.